The molecule has 0 heterocycles. The summed E-state index contributed by atoms with van der Waals surface area (Å²) >= 11 is 1.81. The Balaban J connectivity index is 2.46. The van der Waals surface area contributed by atoms with Crippen LogP contribution in [0.3, 0.4) is 0 Å². The van der Waals surface area contributed by atoms with Crippen LogP contribution >= 0.6 is 11.8 Å². The highest BCUT2D eigenvalue weighted by molar-refractivity contribution is 7.99. The smallest absolute Gasteiger partial charge is 0.163 e. The number of benzene rings is 2. The van der Waals surface area contributed by atoms with Crippen molar-refractivity contribution in [1.29, 1.82) is 0 Å². The van der Waals surface area contributed by atoms with Crippen LogP contribution in [0.1, 0.15) is 29.2 Å². The van der Waals surface area contributed by atoms with Crippen molar-refractivity contribution in [2.24, 2.45) is 0 Å². The van der Waals surface area contributed by atoms with Crippen LogP contribution < -0.4 is 0 Å². The first-order chi connectivity index (χ1) is 10.3. The van der Waals surface area contributed by atoms with E-state index in [-0.39, 0.29) is 17.0 Å². The van der Waals surface area contributed by atoms with Crippen LogP contribution in [-0.4, -0.2) is 11.5 Å². The van der Waals surface area contributed by atoms with Crippen molar-refractivity contribution in [2.75, 3.05) is 5.75 Å². The molecule has 0 aliphatic rings. The Bertz CT molecular complexity index is 577. The standard InChI is InChI=1S/C19H20OS/c1-3-17(20)18(15-11-7-5-8-12-15)19(21-4-2)16-13-9-6-10-14-16/h3,5-14,18-19H,1,4H2,2H3/t18-,19+/m0/s1. The lowest BCUT2D eigenvalue weighted by Crippen LogP contribution is -2.17. The van der Waals surface area contributed by atoms with Gasteiger partial charge in [0.25, 0.3) is 0 Å². The normalized spacial score (nSPS) is 13.4. The van der Waals surface area contributed by atoms with Crippen LogP contribution in [0.2, 0.25) is 0 Å². The van der Waals surface area contributed by atoms with Crippen molar-refractivity contribution in [3.63, 3.8) is 0 Å². The Hall–Kier alpha value is -1.80. The zero-order valence-electron chi connectivity index (χ0n) is 12.2. The van der Waals surface area contributed by atoms with Gasteiger partial charge in [-0.15, -0.1) is 0 Å². The van der Waals surface area contributed by atoms with E-state index in [1.165, 1.54) is 11.6 Å². The molecule has 2 aromatic rings. The van der Waals surface area contributed by atoms with Gasteiger partial charge in [0.1, 0.15) is 0 Å². The van der Waals surface area contributed by atoms with Crippen molar-refractivity contribution in [1.82, 2.24) is 0 Å². The summed E-state index contributed by atoms with van der Waals surface area (Å²) in [6, 6.07) is 20.2. The van der Waals surface area contributed by atoms with Gasteiger partial charge >= 0.3 is 0 Å². The van der Waals surface area contributed by atoms with E-state index in [0.29, 0.717) is 0 Å². The second kappa shape index (κ2) is 7.84. The van der Waals surface area contributed by atoms with E-state index in [1.54, 1.807) is 0 Å². The van der Waals surface area contributed by atoms with E-state index in [2.05, 4.69) is 25.6 Å². The van der Waals surface area contributed by atoms with Gasteiger partial charge in [0.2, 0.25) is 0 Å². The highest BCUT2D eigenvalue weighted by Crippen LogP contribution is 2.42. The van der Waals surface area contributed by atoms with Gasteiger partial charge in [0.05, 0.1) is 5.92 Å². The lowest BCUT2D eigenvalue weighted by molar-refractivity contribution is -0.116. The number of allylic oxidation sites excluding steroid dienone is 1. The van der Waals surface area contributed by atoms with Gasteiger partial charge in [0, 0.05) is 5.25 Å². The molecule has 0 spiro atoms. The summed E-state index contributed by atoms with van der Waals surface area (Å²) in [6.45, 7) is 5.81. The Labute approximate surface area is 131 Å². The van der Waals surface area contributed by atoms with Crippen molar-refractivity contribution >= 4 is 17.5 Å². The molecular weight excluding hydrogens is 276 g/mol. The van der Waals surface area contributed by atoms with Crippen LogP contribution in [-0.2, 0) is 4.79 Å². The van der Waals surface area contributed by atoms with Crippen molar-refractivity contribution in [3.05, 3.63) is 84.4 Å². The zero-order chi connectivity index (χ0) is 15.1. The quantitative estimate of drug-likeness (QED) is 0.667. The number of hydrogen-bond donors (Lipinski definition) is 0. The number of carbonyl (C=O) groups excluding carboxylic acids is 1. The molecule has 0 amide bonds. The highest BCUT2D eigenvalue weighted by atomic mass is 32.2. The third-order valence-corrected chi connectivity index (χ3v) is 4.68. The number of thioether (sulfide) groups is 1. The first-order valence-electron chi connectivity index (χ1n) is 7.15. The summed E-state index contributed by atoms with van der Waals surface area (Å²) in [7, 11) is 0. The molecule has 108 valence electrons. The van der Waals surface area contributed by atoms with E-state index in [0.717, 1.165) is 11.3 Å². The van der Waals surface area contributed by atoms with Gasteiger partial charge in [-0.05, 0) is 23.0 Å². The average molecular weight is 296 g/mol. The maximum Gasteiger partial charge on any atom is 0.163 e. The van der Waals surface area contributed by atoms with Gasteiger partial charge in [-0.2, -0.15) is 11.8 Å². The molecule has 0 aromatic heterocycles. The molecule has 0 N–H and O–H groups in total. The van der Waals surface area contributed by atoms with E-state index >= 15 is 0 Å². The molecule has 2 heteroatoms. The first-order valence-corrected chi connectivity index (χ1v) is 8.20. The Morgan fingerprint density at radius 3 is 2.05 bits per heavy atom. The Morgan fingerprint density at radius 2 is 1.57 bits per heavy atom. The lowest BCUT2D eigenvalue weighted by atomic mass is 9.88. The SMILES string of the molecule is C=CC(=O)[C@H](c1ccccc1)[C@H](SCC)c1ccccc1. The molecule has 0 fully saturated rings. The predicted molar refractivity (Wildman–Crippen MR) is 91.7 cm³/mol. The summed E-state index contributed by atoms with van der Waals surface area (Å²) in [5.41, 5.74) is 2.24. The van der Waals surface area contributed by atoms with Crippen molar-refractivity contribution in [3.8, 4) is 0 Å². The molecule has 0 bridgehead atoms. The fourth-order valence-electron chi connectivity index (χ4n) is 2.48. The van der Waals surface area contributed by atoms with Crippen LogP contribution in [0.4, 0.5) is 0 Å². The molecule has 0 aliphatic heterocycles. The minimum atomic E-state index is -0.184. The third-order valence-electron chi connectivity index (χ3n) is 3.44. The maximum absolute atomic E-state index is 12.5. The fraction of sp³-hybridized carbons (Fsp3) is 0.211. The molecule has 1 nitrogen and oxygen atoms in total. The largest absolute Gasteiger partial charge is 0.294 e. The molecule has 0 saturated heterocycles. The number of hydrogen-bond acceptors (Lipinski definition) is 2. The summed E-state index contributed by atoms with van der Waals surface area (Å²) in [5.74, 6) is 0.861. The van der Waals surface area contributed by atoms with Gasteiger partial charge in [-0.3, -0.25) is 4.79 Å². The second-order valence-corrected chi connectivity index (χ2v) is 6.20. The van der Waals surface area contributed by atoms with Crippen LogP contribution in [0.15, 0.2) is 73.3 Å². The van der Waals surface area contributed by atoms with Crippen LogP contribution in [0.25, 0.3) is 0 Å². The lowest BCUT2D eigenvalue weighted by Gasteiger charge is -2.25. The molecule has 2 atom stereocenters. The first kappa shape index (κ1) is 15.6. The average Bonchev–Trinajstić information content (AvgIpc) is 2.56. The number of ketones is 1. The zero-order valence-corrected chi connectivity index (χ0v) is 13.1. The van der Waals surface area contributed by atoms with E-state index in [1.807, 2.05) is 60.3 Å². The molecule has 0 radical (unpaired) electrons. The fourth-order valence-corrected chi connectivity index (χ4v) is 3.68. The second-order valence-electron chi connectivity index (χ2n) is 4.78. The minimum absolute atomic E-state index is 0.0796. The molecule has 2 aromatic carbocycles. The monoisotopic (exact) mass is 296 g/mol. The van der Waals surface area contributed by atoms with E-state index in [4.69, 9.17) is 0 Å². The highest BCUT2D eigenvalue weighted by Gasteiger charge is 2.29. The van der Waals surface area contributed by atoms with Gasteiger partial charge < -0.3 is 0 Å². The molecule has 0 aliphatic carbocycles. The summed E-state index contributed by atoms with van der Waals surface area (Å²) in [5, 5.41) is 0.115. The molecular formula is C19H20OS. The Kier molecular flexibility index (Phi) is 5.82. The molecule has 2 rings (SSSR count). The summed E-state index contributed by atoms with van der Waals surface area (Å²) < 4.78 is 0. The molecule has 0 saturated carbocycles. The topological polar surface area (TPSA) is 17.1 Å². The predicted octanol–water partition coefficient (Wildman–Crippen LogP) is 5.02. The minimum Gasteiger partial charge on any atom is -0.294 e. The van der Waals surface area contributed by atoms with Crippen molar-refractivity contribution in [2.45, 2.75) is 18.1 Å². The Morgan fingerprint density at radius 1 is 1.05 bits per heavy atom. The van der Waals surface area contributed by atoms with E-state index in [9.17, 15) is 4.79 Å². The number of rotatable bonds is 7. The van der Waals surface area contributed by atoms with E-state index < -0.39 is 0 Å². The van der Waals surface area contributed by atoms with Gasteiger partial charge in [-0.25, -0.2) is 0 Å². The third kappa shape index (κ3) is 3.85. The maximum atomic E-state index is 12.5. The summed E-state index contributed by atoms with van der Waals surface area (Å²) in [4.78, 5) is 12.5. The number of carbonyl (C=O) groups is 1. The van der Waals surface area contributed by atoms with Gasteiger partial charge in [-0.1, -0.05) is 74.2 Å². The van der Waals surface area contributed by atoms with Crippen LogP contribution in [0, 0.1) is 0 Å². The van der Waals surface area contributed by atoms with Gasteiger partial charge in [0.15, 0.2) is 5.78 Å². The van der Waals surface area contributed by atoms with Crippen molar-refractivity contribution < 1.29 is 4.79 Å². The summed E-state index contributed by atoms with van der Waals surface area (Å²) in [6.07, 6.45) is 1.45. The molecule has 0 unspecified atom stereocenters. The van der Waals surface area contributed by atoms with Crippen LogP contribution in [0.5, 0.6) is 0 Å². The molecule has 21 heavy (non-hydrogen) atoms.